The molecular formula is C17H15BrClNO2. The van der Waals surface area contributed by atoms with E-state index < -0.39 is 0 Å². The number of rotatable bonds is 2. The van der Waals surface area contributed by atoms with Crippen molar-refractivity contribution in [3.8, 4) is 5.75 Å². The fourth-order valence-corrected chi connectivity index (χ4v) is 3.20. The average Bonchev–Trinajstić information content (AvgIpc) is 2.49. The molecule has 0 aromatic heterocycles. The van der Waals surface area contributed by atoms with E-state index >= 15 is 0 Å². The Morgan fingerprint density at radius 3 is 2.91 bits per heavy atom. The monoisotopic (exact) mass is 379 g/mol. The van der Waals surface area contributed by atoms with Crippen LogP contribution in [0.2, 0.25) is 5.02 Å². The van der Waals surface area contributed by atoms with Gasteiger partial charge < -0.3 is 10.1 Å². The number of nitrogens with one attached hydrogen (secondary N) is 1. The third kappa shape index (κ3) is 3.28. The predicted octanol–water partition coefficient (Wildman–Crippen LogP) is 4.60. The molecule has 5 heteroatoms. The van der Waals surface area contributed by atoms with Crippen molar-refractivity contribution < 1.29 is 9.53 Å². The van der Waals surface area contributed by atoms with Crippen LogP contribution in [0.15, 0.2) is 40.9 Å². The van der Waals surface area contributed by atoms with Crippen LogP contribution in [0.25, 0.3) is 0 Å². The highest BCUT2D eigenvalue weighted by atomic mass is 79.9. The average molecular weight is 381 g/mol. The first kappa shape index (κ1) is 15.4. The zero-order chi connectivity index (χ0) is 15.7. The quantitative estimate of drug-likeness (QED) is 0.827. The number of amides is 1. The molecule has 1 atom stereocenters. The van der Waals surface area contributed by atoms with Gasteiger partial charge in [0.05, 0.1) is 5.92 Å². The van der Waals surface area contributed by atoms with Gasteiger partial charge in [-0.05, 0) is 60.9 Å². The van der Waals surface area contributed by atoms with Gasteiger partial charge in [-0.15, -0.1) is 0 Å². The van der Waals surface area contributed by atoms with Gasteiger partial charge in [0.1, 0.15) is 12.4 Å². The molecular weight excluding hydrogens is 366 g/mol. The molecule has 0 fully saturated rings. The molecule has 114 valence electrons. The van der Waals surface area contributed by atoms with Crippen LogP contribution in [-0.4, -0.2) is 12.5 Å². The number of carbonyl (C=O) groups excluding carboxylic acids is 1. The summed E-state index contributed by atoms with van der Waals surface area (Å²) in [6.07, 6.45) is 0.636. The van der Waals surface area contributed by atoms with E-state index in [2.05, 4.69) is 21.2 Å². The summed E-state index contributed by atoms with van der Waals surface area (Å²) < 4.78 is 6.67. The van der Waals surface area contributed by atoms with Gasteiger partial charge in [0.25, 0.3) is 0 Å². The summed E-state index contributed by atoms with van der Waals surface area (Å²) in [4.78, 5) is 12.5. The molecule has 1 amide bonds. The molecule has 0 saturated carbocycles. The normalized spacial score (nSPS) is 16.6. The summed E-state index contributed by atoms with van der Waals surface area (Å²) in [6.45, 7) is 2.35. The van der Waals surface area contributed by atoms with Crippen molar-refractivity contribution in [1.29, 1.82) is 0 Å². The number of anilines is 1. The number of carbonyl (C=O) groups is 1. The second-order valence-corrected chi connectivity index (χ2v) is 6.76. The third-order valence-electron chi connectivity index (χ3n) is 3.75. The highest BCUT2D eigenvalue weighted by molar-refractivity contribution is 9.10. The molecule has 1 aliphatic rings. The Bertz CT molecular complexity index is 733. The highest BCUT2D eigenvalue weighted by Crippen LogP contribution is 2.30. The van der Waals surface area contributed by atoms with E-state index in [-0.39, 0.29) is 11.8 Å². The third-order valence-corrected chi connectivity index (χ3v) is 4.47. The van der Waals surface area contributed by atoms with Gasteiger partial charge in [0.15, 0.2) is 0 Å². The Morgan fingerprint density at radius 1 is 1.32 bits per heavy atom. The lowest BCUT2D eigenvalue weighted by Crippen LogP contribution is -2.32. The van der Waals surface area contributed by atoms with Crippen molar-refractivity contribution in [2.24, 2.45) is 5.92 Å². The molecule has 22 heavy (non-hydrogen) atoms. The Morgan fingerprint density at radius 2 is 2.14 bits per heavy atom. The minimum absolute atomic E-state index is 0.0314. The summed E-state index contributed by atoms with van der Waals surface area (Å²) in [5.74, 6) is 0.568. The molecule has 1 heterocycles. The lowest BCUT2D eigenvalue weighted by atomic mass is 9.96. The van der Waals surface area contributed by atoms with Crippen LogP contribution in [0, 0.1) is 12.8 Å². The fourth-order valence-electron chi connectivity index (χ4n) is 2.53. The zero-order valence-corrected chi connectivity index (χ0v) is 14.4. The number of benzene rings is 2. The van der Waals surface area contributed by atoms with Crippen molar-refractivity contribution in [2.75, 3.05) is 11.9 Å². The Balaban J connectivity index is 1.74. The maximum atomic E-state index is 12.5. The molecule has 3 nitrogen and oxygen atoms in total. The van der Waals surface area contributed by atoms with E-state index in [9.17, 15) is 4.79 Å². The number of ether oxygens (including phenoxy) is 1. The second-order valence-electron chi connectivity index (χ2n) is 5.41. The van der Waals surface area contributed by atoms with Crippen LogP contribution >= 0.6 is 27.5 Å². The molecule has 0 spiro atoms. The molecule has 1 N–H and O–H groups in total. The van der Waals surface area contributed by atoms with Crippen molar-refractivity contribution >= 4 is 39.1 Å². The lowest BCUT2D eigenvalue weighted by Gasteiger charge is -2.25. The number of hydrogen-bond acceptors (Lipinski definition) is 2. The minimum Gasteiger partial charge on any atom is -0.492 e. The Labute approximate surface area is 142 Å². The van der Waals surface area contributed by atoms with Gasteiger partial charge in [-0.25, -0.2) is 0 Å². The number of hydrogen-bond donors (Lipinski definition) is 1. The fraction of sp³-hybridized carbons (Fsp3) is 0.235. The minimum atomic E-state index is -0.214. The maximum absolute atomic E-state index is 12.5. The zero-order valence-electron chi connectivity index (χ0n) is 12.0. The van der Waals surface area contributed by atoms with E-state index in [4.69, 9.17) is 16.3 Å². The SMILES string of the molecule is Cc1cc(Br)ccc1NC(=O)[C@@H]1COc2ccc(Cl)cc2C1. The van der Waals surface area contributed by atoms with Crippen molar-refractivity contribution in [3.05, 3.63) is 57.0 Å². The van der Waals surface area contributed by atoms with E-state index in [0.29, 0.717) is 18.1 Å². The first-order valence-corrected chi connectivity index (χ1v) is 8.18. The van der Waals surface area contributed by atoms with Gasteiger partial charge in [0.2, 0.25) is 5.91 Å². The standard InChI is InChI=1S/C17H15BrClNO2/c1-10-6-13(18)2-4-15(10)20-17(21)12-7-11-8-14(19)3-5-16(11)22-9-12/h2-6,8,12H,7,9H2,1H3,(H,20,21)/t12-/m0/s1. The molecule has 0 radical (unpaired) electrons. The van der Waals surface area contributed by atoms with Gasteiger partial charge >= 0.3 is 0 Å². The molecule has 0 aliphatic carbocycles. The smallest absolute Gasteiger partial charge is 0.231 e. The van der Waals surface area contributed by atoms with E-state index in [0.717, 1.165) is 27.0 Å². The van der Waals surface area contributed by atoms with Crippen LogP contribution in [0.4, 0.5) is 5.69 Å². The predicted molar refractivity (Wildman–Crippen MR) is 91.6 cm³/mol. The van der Waals surface area contributed by atoms with Crippen LogP contribution in [-0.2, 0) is 11.2 Å². The molecule has 0 unspecified atom stereocenters. The molecule has 1 aliphatic heterocycles. The maximum Gasteiger partial charge on any atom is 0.231 e. The first-order valence-electron chi connectivity index (χ1n) is 7.01. The van der Waals surface area contributed by atoms with E-state index in [1.165, 1.54) is 0 Å². The largest absolute Gasteiger partial charge is 0.492 e. The Hall–Kier alpha value is -1.52. The summed E-state index contributed by atoms with van der Waals surface area (Å²) in [6, 6.07) is 11.3. The summed E-state index contributed by atoms with van der Waals surface area (Å²) >= 11 is 9.43. The molecule has 2 aromatic rings. The Kier molecular flexibility index (Phi) is 4.41. The van der Waals surface area contributed by atoms with E-state index in [1.807, 2.05) is 37.3 Å². The summed E-state index contributed by atoms with van der Waals surface area (Å²) in [7, 11) is 0. The van der Waals surface area contributed by atoms with Crippen molar-refractivity contribution in [2.45, 2.75) is 13.3 Å². The number of aryl methyl sites for hydroxylation is 1. The summed E-state index contributed by atoms with van der Waals surface area (Å²) in [5.41, 5.74) is 2.82. The molecule has 3 rings (SSSR count). The topological polar surface area (TPSA) is 38.3 Å². The van der Waals surface area contributed by atoms with Crippen LogP contribution in [0.1, 0.15) is 11.1 Å². The van der Waals surface area contributed by atoms with Crippen LogP contribution < -0.4 is 10.1 Å². The van der Waals surface area contributed by atoms with Crippen LogP contribution in [0.5, 0.6) is 5.75 Å². The van der Waals surface area contributed by atoms with E-state index in [1.54, 1.807) is 6.07 Å². The van der Waals surface area contributed by atoms with Gasteiger partial charge in [0, 0.05) is 15.2 Å². The number of fused-ring (bicyclic) bond motifs is 1. The van der Waals surface area contributed by atoms with Gasteiger partial charge in [-0.1, -0.05) is 27.5 Å². The first-order chi connectivity index (χ1) is 10.5. The number of halogens is 2. The van der Waals surface area contributed by atoms with Gasteiger partial charge in [-0.2, -0.15) is 0 Å². The van der Waals surface area contributed by atoms with Crippen molar-refractivity contribution in [3.63, 3.8) is 0 Å². The van der Waals surface area contributed by atoms with Crippen molar-refractivity contribution in [1.82, 2.24) is 0 Å². The lowest BCUT2D eigenvalue weighted by molar-refractivity contribution is -0.121. The molecule has 2 aromatic carbocycles. The second kappa shape index (κ2) is 6.31. The molecule has 0 saturated heterocycles. The molecule has 0 bridgehead atoms. The van der Waals surface area contributed by atoms with Crippen LogP contribution in [0.3, 0.4) is 0 Å². The van der Waals surface area contributed by atoms with Gasteiger partial charge in [-0.3, -0.25) is 4.79 Å². The summed E-state index contributed by atoms with van der Waals surface area (Å²) in [5, 5.41) is 3.64. The highest BCUT2D eigenvalue weighted by Gasteiger charge is 2.26.